The Hall–Kier alpha value is -2.96. The average molecular weight is 303 g/mol. The summed E-state index contributed by atoms with van der Waals surface area (Å²) < 4.78 is 19.2. The summed E-state index contributed by atoms with van der Waals surface area (Å²) in [7, 11) is 0. The number of non-ortho nitro benzene ring substituents is 1. The second-order valence-corrected chi connectivity index (χ2v) is 4.02. The fraction of sp³-hybridized carbons (Fsp3) is 0.133. The maximum absolute atomic E-state index is 13.8. The van der Waals surface area contributed by atoms with Crippen LogP contribution >= 0.6 is 0 Å². The van der Waals surface area contributed by atoms with Gasteiger partial charge >= 0.3 is 0 Å². The summed E-state index contributed by atoms with van der Waals surface area (Å²) in [4.78, 5) is 16.9. The molecule has 0 unspecified atom stereocenters. The maximum atomic E-state index is 13.8. The summed E-state index contributed by atoms with van der Waals surface area (Å²) in [6, 6.07) is 6.59. The number of halogens is 1. The summed E-state index contributed by atoms with van der Waals surface area (Å²) >= 11 is 0. The number of nitrogens with zero attached hydrogens (tertiary/aromatic N) is 2. The zero-order chi connectivity index (χ0) is 16.1. The largest absolute Gasteiger partial charge is 0.453 e. The highest BCUT2D eigenvalue weighted by atomic mass is 19.1. The normalized spacial score (nSPS) is 9.95. The standard InChI is InChI=1S/C13H8FN3O3.C2H6/c14-10-7-8(17(18)19)1-2-12(10)20-11-4-6-16-13-9(11)3-5-15-13;1-2/h1-7H,(H,15,16);1-2H3. The van der Waals surface area contributed by atoms with Crippen LogP contribution in [0.3, 0.4) is 0 Å². The quantitative estimate of drug-likeness (QED) is 0.573. The van der Waals surface area contributed by atoms with Gasteiger partial charge in [0.1, 0.15) is 11.4 Å². The van der Waals surface area contributed by atoms with Gasteiger partial charge in [0, 0.05) is 18.5 Å². The molecule has 0 amide bonds. The molecule has 0 aliphatic carbocycles. The predicted molar refractivity (Wildman–Crippen MR) is 80.6 cm³/mol. The van der Waals surface area contributed by atoms with E-state index in [9.17, 15) is 14.5 Å². The summed E-state index contributed by atoms with van der Waals surface area (Å²) in [5.74, 6) is -0.451. The van der Waals surface area contributed by atoms with Gasteiger partial charge in [-0.15, -0.1) is 0 Å². The maximum Gasteiger partial charge on any atom is 0.272 e. The van der Waals surface area contributed by atoms with Crippen LogP contribution in [0.4, 0.5) is 10.1 Å². The average Bonchev–Trinajstić information content (AvgIpc) is 3.00. The van der Waals surface area contributed by atoms with Crippen LogP contribution in [0.1, 0.15) is 13.8 Å². The van der Waals surface area contributed by atoms with E-state index in [-0.39, 0.29) is 11.4 Å². The summed E-state index contributed by atoms with van der Waals surface area (Å²) in [6.07, 6.45) is 3.22. The third kappa shape index (κ3) is 3.03. The van der Waals surface area contributed by atoms with Crippen LogP contribution in [0.15, 0.2) is 42.7 Å². The number of nitrogens with one attached hydrogen (secondary N) is 1. The van der Waals surface area contributed by atoms with Crippen molar-refractivity contribution in [3.63, 3.8) is 0 Å². The van der Waals surface area contributed by atoms with E-state index in [1.807, 2.05) is 13.8 Å². The Kier molecular flexibility index (Phi) is 4.67. The number of H-pyrrole nitrogens is 1. The molecule has 0 radical (unpaired) electrons. The van der Waals surface area contributed by atoms with Crippen LogP contribution in [0, 0.1) is 15.9 Å². The minimum atomic E-state index is -0.792. The molecule has 7 heteroatoms. The smallest absolute Gasteiger partial charge is 0.272 e. The molecule has 0 spiro atoms. The monoisotopic (exact) mass is 303 g/mol. The van der Waals surface area contributed by atoms with E-state index in [0.717, 1.165) is 6.07 Å². The number of pyridine rings is 1. The van der Waals surface area contributed by atoms with Crippen LogP contribution in [0.5, 0.6) is 11.5 Å². The van der Waals surface area contributed by atoms with E-state index in [2.05, 4.69) is 9.97 Å². The minimum Gasteiger partial charge on any atom is -0.453 e. The lowest BCUT2D eigenvalue weighted by Crippen LogP contribution is -1.93. The van der Waals surface area contributed by atoms with E-state index >= 15 is 0 Å². The van der Waals surface area contributed by atoms with E-state index < -0.39 is 10.7 Å². The van der Waals surface area contributed by atoms with E-state index in [1.54, 1.807) is 18.3 Å². The molecule has 6 nitrogen and oxygen atoms in total. The van der Waals surface area contributed by atoms with Crippen LogP contribution in [-0.4, -0.2) is 14.9 Å². The first-order valence-corrected chi connectivity index (χ1v) is 6.69. The lowest BCUT2D eigenvalue weighted by molar-refractivity contribution is -0.385. The molecule has 2 heterocycles. The predicted octanol–water partition coefficient (Wildman–Crippen LogP) is 4.43. The van der Waals surface area contributed by atoms with Crippen molar-refractivity contribution in [2.24, 2.45) is 0 Å². The fourth-order valence-electron chi connectivity index (χ4n) is 1.83. The van der Waals surface area contributed by atoms with Crippen molar-refractivity contribution in [3.8, 4) is 11.5 Å². The van der Waals surface area contributed by atoms with Gasteiger partial charge in [-0.1, -0.05) is 13.8 Å². The Morgan fingerprint density at radius 2 is 2.00 bits per heavy atom. The molecule has 0 aliphatic rings. The number of hydrogen-bond donors (Lipinski definition) is 1. The number of rotatable bonds is 3. The summed E-state index contributed by atoms with van der Waals surface area (Å²) in [6.45, 7) is 4.00. The van der Waals surface area contributed by atoms with Crippen molar-refractivity contribution in [1.82, 2.24) is 9.97 Å². The molecule has 1 aromatic carbocycles. The first kappa shape index (κ1) is 15.4. The Bertz CT molecular complexity index is 802. The first-order valence-electron chi connectivity index (χ1n) is 6.69. The molecule has 2 aromatic heterocycles. The molecule has 114 valence electrons. The molecular weight excluding hydrogens is 289 g/mol. The molecule has 0 atom stereocenters. The highest BCUT2D eigenvalue weighted by molar-refractivity contribution is 5.82. The highest BCUT2D eigenvalue weighted by Gasteiger charge is 2.13. The summed E-state index contributed by atoms with van der Waals surface area (Å²) in [5, 5.41) is 11.2. The van der Waals surface area contributed by atoms with Crippen molar-refractivity contribution in [3.05, 3.63) is 58.7 Å². The molecule has 22 heavy (non-hydrogen) atoms. The van der Waals surface area contributed by atoms with Crippen molar-refractivity contribution in [1.29, 1.82) is 0 Å². The topological polar surface area (TPSA) is 81.1 Å². The number of hydrogen-bond acceptors (Lipinski definition) is 4. The Morgan fingerprint density at radius 1 is 1.23 bits per heavy atom. The van der Waals surface area contributed by atoms with E-state index in [4.69, 9.17) is 4.74 Å². The molecule has 0 saturated carbocycles. The highest BCUT2D eigenvalue weighted by Crippen LogP contribution is 2.31. The van der Waals surface area contributed by atoms with Crippen LogP contribution < -0.4 is 4.74 Å². The van der Waals surface area contributed by atoms with Crippen molar-refractivity contribution < 1.29 is 14.1 Å². The molecular formula is C15H14FN3O3. The fourth-order valence-corrected chi connectivity index (χ4v) is 1.83. The Balaban J connectivity index is 0.000000847. The number of aromatic amines is 1. The SMILES string of the molecule is CC.O=[N+]([O-])c1ccc(Oc2ccnc3[nH]ccc23)c(F)c1. The molecule has 1 N–H and O–H groups in total. The van der Waals surface area contributed by atoms with Crippen LogP contribution in [0.2, 0.25) is 0 Å². The van der Waals surface area contributed by atoms with E-state index in [0.29, 0.717) is 16.8 Å². The van der Waals surface area contributed by atoms with Gasteiger partial charge < -0.3 is 9.72 Å². The van der Waals surface area contributed by atoms with Crippen molar-refractivity contribution in [2.45, 2.75) is 13.8 Å². The Labute approximate surface area is 125 Å². The van der Waals surface area contributed by atoms with Gasteiger partial charge in [-0.3, -0.25) is 10.1 Å². The Morgan fingerprint density at radius 3 is 2.68 bits per heavy atom. The number of ether oxygens (including phenoxy) is 1. The van der Waals surface area contributed by atoms with Gasteiger partial charge in [0.05, 0.1) is 16.4 Å². The van der Waals surface area contributed by atoms with Crippen molar-refractivity contribution >= 4 is 16.7 Å². The molecule has 3 aromatic rings. The van der Waals surface area contributed by atoms with E-state index in [1.165, 1.54) is 18.3 Å². The number of fused-ring (bicyclic) bond motifs is 1. The minimum absolute atomic E-state index is 0.0794. The second kappa shape index (κ2) is 6.66. The van der Waals surface area contributed by atoms with Gasteiger partial charge in [-0.25, -0.2) is 9.37 Å². The third-order valence-corrected chi connectivity index (χ3v) is 2.77. The lowest BCUT2D eigenvalue weighted by atomic mass is 10.3. The number of benzene rings is 1. The number of nitro groups is 1. The first-order chi connectivity index (χ1) is 10.6. The molecule has 3 rings (SSSR count). The van der Waals surface area contributed by atoms with Crippen molar-refractivity contribution in [2.75, 3.05) is 0 Å². The van der Waals surface area contributed by atoms with Gasteiger partial charge in [0.2, 0.25) is 0 Å². The zero-order valence-corrected chi connectivity index (χ0v) is 12.0. The van der Waals surface area contributed by atoms with Crippen LogP contribution in [0.25, 0.3) is 11.0 Å². The molecule has 0 aliphatic heterocycles. The van der Waals surface area contributed by atoms with Gasteiger partial charge in [0.25, 0.3) is 5.69 Å². The molecule has 0 saturated heterocycles. The zero-order valence-electron chi connectivity index (χ0n) is 12.0. The molecule has 0 bridgehead atoms. The third-order valence-electron chi connectivity index (χ3n) is 2.77. The van der Waals surface area contributed by atoms with Gasteiger partial charge in [-0.05, 0) is 18.2 Å². The van der Waals surface area contributed by atoms with Gasteiger partial charge in [-0.2, -0.15) is 0 Å². The lowest BCUT2D eigenvalue weighted by Gasteiger charge is -2.07. The number of aromatic nitrogens is 2. The second-order valence-electron chi connectivity index (χ2n) is 4.02. The molecule has 0 fully saturated rings. The van der Waals surface area contributed by atoms with Crippen LogP contribution in [-0.2, 0) is 0 Å². The van der Waals surface area contributed by atoms with Gasteiger partial charge in [0.15, 0.2) is 11.6 Å². The number of nitro benzene ring substituents is 1. The summed E-state index contributed by atoms with van der Waals surface area (Å²) in [5.41, 5.74) is 0.293.